The van der Waals surface area contributed by atoms with Crippen LogP contribution in [0.5, 0.6) is 0 Å². The zero-order chi connectivity index (χ0) is 52.2. The first-order chi connectivity index (χ1) is 35.5. The summed E-state index contributed by atoms with van der Waals surface area (Å²) in [6, 6.07) is -0.633. The molecular weight excluding hydrogens is 887 g/mol. The number of ether oxygens (including phenoxy) is 1. The molecule has 0 aliphatic heterocycles. The highest BCUT2D eigenvalue weighted by Gasteiger charge is 2.18. The molecule has 1 amide bonds. The summed E-state index contributed by atoms with van der Waals surface area (Å²) < 4.78 is 5.50. The second-order valence-corrected chi connectivity index (χ2v) is 22.5. The van der Waals surface area contributed by atoms with E-state index >= 15 is 0 Å². The van der Waals surface area contributed by atoms with Crippen molar-refractivity contribution in [1.29, 1.82) is 0 Å². The number of nitrogens with one attached hydrogen (secondary N) is 1. The summed E-state index contributed by atoms with van der Waals surface area (Å²) >= 11 is 0. The van der Waals surface area contributed by atoms with Crippen LogP contribution >= 0.6 is 0 Å². The van der Waals surface area contributed by atoms with E-state index < -0.39 is 12.1 Å². The average Bonchev–Trinajstić information content (AvgIpc) is 3.38. The minimum atomic E-state index is -0.849. The third kappa shape index (κ3) is 57.6. The first-order valence-corrected chi connectivity index (χ1v) is 32.6. The fourth-order valence-electron chi connectivity index (χ4n) is 10.2. The van der Waals surface area contributed by atoms with Gasteiger partial charge < -0.3 is 20.3 Å². The number of hydrogen-bond acceptors (Lipinski definition) is 5. The van der Waals surface area contributed by atoms with E-state index in [0.29, 0.717) is 19.4 Å². The normalized spacial score (nSPS) is 12.7. The lowest BCUT2D eigenvalue weighted by atomic mass is 10.0. The molecule has 0 aliphatic carbocycles. The molecule has 2 unspecified atom stereocenters. The van der Waals surface area contributed by atoms with Gasteiger partial charge >= 0.3 is 5.97 Å². The fraction of sp³-hybridized carbons (Fsp3) is 0.909. The molecule has 0 bridgehead atoms. The Hall–Kier alpha value is -1.66. The van der Waals surface area contributed by atoms with Crippen LogP contribution in [0.2, 0.25) is 0 Å². The maximum absolute atomic E-state index is 12.5. The summed E-state index contributed by atoms with van der Waals surface area (Å²) in [7, 11) is 0. The van der Waals surface area contributed by atoms with Crippen molar-refractivity contribution in [3.8, 4) is 0 Å². The van der Waals surface area contributed by atoms with E-state index in [9.17, 15) is 19.8 Å². The molecule has 0 aromatic rings. The maximum atomic E-state index is 12.5. The zero-order valence-corrected chi connectivity index (χ0v) is 48.7. The van der Waals surface area contributed by atoms with E-state index in [2.05, 4.69) is 31.3 Å². The van der Waals surface area contributed by atoms with Gasteiger partial charge in [-0.1, -0.05) is 314 Å². The average molecular weight is 1010 g/mol. The molecule has 3 N–H and O–H groups in total. The molecule has 6 heteroatoms. The number of esters is 1. The Bertz CT molecular complexity index is 1120. The Morgan fingerprint density at radius 1 is 0.375 bits per heavy atom. The van der Waals surface area contributed by atoms with E-state index in [4.69, 9.17) is 4.74 Å². The van der Waals surface area contributed by atoms with Crippen LogP contribution in [0.4, 0.5) is 0 Å². The molecule has 6 nitrogen and oxygen atoms in total. The number of carbonyl (C=O) groups is 2. The van der Waals surface area contributed by atoms with Gasteiger partial charge in [0.25, 0.3) is 0 Å². The van der Waals surface area contributed by atoms with Crippen molar-refractivity contribution in [2.75, 3.05) is 13.2 Å². The predicted molar refractivity (Wildman–Crippen MR) is 315 cm³/mol. The molecule has 0 saturated heterocycles. The van der Waals surface area contributed by atoms with Gasteiger partial charge in [-0.15, -0.1) is 0 Å². The van der Waals surface area contributed by atoms with Gasteiger partial charge in [0.15, 0.2) is 0 Å². The summed E-state index contributed by atoms with van der Waals surface area (Å²) in [5.74, 6) is -0.0611. The van der Waals surface area contributed by atoms with E-state index in [1.165, 1.54) is 289 Å². The van der Waals surface area contributed by atoms with Crippen molar-refractivity contribution < 1.29 is 24.5 Å². The predicted octanol–water partition coefficient (Wildman–Crippen LogP) is 20.6. The van der Waals surface area contributed by atoms with Crippen LogP contribution in [0, 0.1) is 0 Å². The third-order valence-electron chi connectivity index (χ3n) is 15.2. The van der Waals surface area contributed by atoms with Crippen molar-refractivity contribution in [2.24, 2.45) is 0 Å². The topological polar surface area (TPSA) is 95.9 Å². The zero-order valence-electron chi connectivity index (χ0n) is 48.7. The molecule has 0 radical (unpaired) electrons. The number of unbranched alkanes of at least 4 members (excludes halogenated alkanes) is 48. The lowest BCUT2D eigenvalue weighted by Crippen LogP contribution is -2.45. The molecule has 0 fully saturated rings. The molecular formula is C66H127NO5. The second kappa shape index (κ2) is 61.9. The van der Waals surface area contributed by atoms with Gasteiger partial charge in [-0.05, 0) is 57.8 Å². The van der Waals surface area contributed by atoms with E-state index in [-0.39, 0.29) is 18.5 Å². The first-order valence-electron chi connectivity index (χ1n) is 32.6. The second-order valence-electron chi connectivity index (χ2n) is 22.5. The summed E-state index contributed by atoms with van der Waals surface area (Å²) in [5, 5.41) is 23.2. The van der Waals surface area contributed by atoms with Crippen molar-refractivity contribution in [2.45, 2.75) is 373 Å². The summed E-state index contributed by atoms with van der Waals surface area (Å²) in [6.07, 6.45) is 76.5. The summed E-state index contributed by atoms with van der Waals surface area (Å²) in [6.45, 7) is 4.93. The highest BCUT2D eigenvalue weighted by atomic mass is 16.5. The lowest BCUT2D eigenvalue weighted by Gasteiger charge is -2.20. The Morgan fingerprint density at radius 3 is 0.986 bits per heavy atom. The Kier molecular flexibility index (Phi) is 60.5. The van der Waals surface area contributed by atoms with Crippen molar-refractivity contribution in [3.63, 3.8) is 0 Å². The number of rotatable bonds is 61. The molecule has 0 aliphatic rings. The van der Waals surface area contributed by atoms with Gasteiger partial charge in [0, 0.05) is 12.8 Å². The van der Waals surface area contributed by atoms with Crippen LogP contribution < -0.4 is 5.32 Å². The van der Waals surface area contributed by atoms with Crippen LogP contribution in [-0.2, 0) is 14.3 Å². The van der Waals surface area contributed by atoms with Crippen LogP contribution in [0.15, 0.2) is 24.3 Å². The molecule has 0 aromatic carbocycles. The summed E-state index contributed by atoms with van der Waals surface area (Å²) in [4.78, 5) is 24.6. The SMILES string of the molecule is CCCCCCCCCCCCCCCCC/C=C/C(O)C(CO)NC(=O)CCCCCCCCC/C=C\CCCCCCCCCCCCOC(=O)CCCCCCCCCCCCCCCCCCC. The number of aliphatic hydroxyl groups is 2. The summed E-state index contributed by atoms with van der Waals surface area (Å²) in [5.41, 5.74) is 0. The smallest absolute Gasteiger partial charge is 0.305 e. The fourth-order valence-corrected chi connectivity index (χ4v) is 10.2. The molecule has 0 aromatic heterocycles. The van der Waals surface area contributed by atoms with Gasteiger partial charge in [0.05, 0.1) is 25.4 Å². The van der Waals surface area contributed by atoms with Gasteiger partial charge in [-0.3, -0.25) is 9.59 Å². The van der Waals surface area contributed by atoms with E-state index in [1.54, 1.807) is 6.08 Å². The Labute approximate surface area is 450 Å². The number of allylic oxidation sites excluding steroid dienone is 3. The monoisotopic (exact) mass is 1010 g/mol. The number of carbonyl (C=O) groups excluding carboxylic acids is 2. The van der Waals surface area contributed by atoms with E-state index in [0.717, 1.165) is 44.9 Å². The van der Waals surface area contributed by atoms with Gasteiger partial charge in [0.2, 0.25) is 5.91 Å². The molecule has 0 saturated carbocycles. The largest absolute Gasteiger partial charge is 0.466 e. The maximum Gasteiger partial charge on any atom is 0.305 e. The molecule has 0 spiro atoms. The van der Waals surface area contributed by atoms with Gasteiger partial charge in [0.1, 0.15) is 0 Å². The number of hydrogen-bond donors (Lipinski definition) is 3. The van der Waals surface area contributed by atoms with Crippen LogP contribution in [0.3, 0.4) is 0 Å². The third-order valence-corrected chi connectivity index (χ3v) is 15.2. The molecule has 426 valence electrons. The van der Waals surface area contributed by atoms with Crippen LogP contribution in [-0.4, -0.2) is 47.4 Å². The highest BCUT2D eigenvalue weighted by molar-refractivity contribution is 5.76. The first kappa shape index (κ1) is 70.3. The number of aliphatic hydroxyl groups excluding tert-OH is 2. The van der Waals surface area contributed by atoms with Crippen LogP contribution in [0.1, 0.15) is 361 Å². The Morgan fingerprint density at radius 2 is 0.653 bits per heavy atom. The minimum Gasteiger partial charge on any atom is -0.466 e. The quantitative estimate of drug-likeness (QED) is 0.0320. The van der Waals surface area contributed by atoms with Crippen molar-refractivity contribution >= 4 is 11.9 Å². The molecule has 2 atom stereocenters. The highest BCUT2D eigenvalue weighted by Crippen LogP contribution is 2.18. The number of amides is 1. The molecule has 72 heavy (non-hydrogen) atoms. The standard InChI is InChI=1S/C66H127NO5/c1-3-5-7-9-11-13-15-17-19-26-30-34-38-42-46-50-54-58-64(69)63(62-68)67-65(70)59-55-51-47-43-39-35-31-28-24-22-21-23-25-29-33-37-41-45-49-53-57-61-72-66(71)60-56-52-48-44-40-36-32-27-20-18-16-14-12-10-8-6-4-2/h22,24,54,58,63-64,68-69H,3-21,23,25-53,55-57,59-62H2,1-2H3,(H,67,70)/b24-22-,58-54+. The van der Waals surface area contributed by atoms with Crippen LogP contribution in [0.25, 0.3) is 0 Å². The minimum absolute atomic E-state index is 0.0121. The van der Waals surface area contributed by atoms with Crippen molar-refractivity contribution in [1.82, 2.24) is 5.32 Å². The van der Waals surface area contributed by atoms with Crippen molar-refractivity contribution in [3.05, 3.63) is 24.3 Å². The van der Waals surface area contributed by atoms with E-state index in [1.807, 2.05) is 6.08 Å². The molecule has 0 heterocycles. The Balaban J connectivity index is 3.43. The molecule has 0 rings (SSSR count). The van der Waals surface area contributed by atoms with Gasteiger partial charge in [-0.2, -0.15) is 0 Å². The van der Waals surface area contributed by atoms with Gasteiger partial charge in [-0.25, -0.2) is 0 Å². The lowest BCUT2D eigenvalue weighted by molar-refractivity contribution is -0.143.